The zero-order chi connectivity index (χ0) is 19.6. The summed E-state index contributed by atoms with van der Waals surface area (Å²) < 4.78 is 0. The number of amides is 2. The van der Waals surface area contributed by atoms with E-state index in [-0.39, 0.29) is 17.5 Å². The third-order valence-electron chi connectivity index (χ3n) is 4.19. The third-order valence-corrected chi connectivity index (χ3v) is 4.19. The fraction of sp³-hybridized carbons (Fsp3) is 0.381. The van der Waals surface area contributed by atoms with E-state index in [0.29, 0.717) is 25.2 Å². The van der Waals surface area contributed by atoms with Gasteiger partial charge in [-0.1, -0.05) is 30.3 Å². The predicted octanol–water partition coefficient (Wildman–Crippen LogP) is 2.43. The Labute approximate surface area is 161 Å². The molecular formula is C21H28N4O2. The lowest BCUT2D eigenvalue weighted by Crippen LogP contribution is -2.31. The highest BCUT2D eigenvalue weighted by Gasteiger charge is 2.17. The molecule has 27 heavy (non-hydrogen) atoms. The Hall–Kier alpha value is -2.73. The quantitative estimate of drug-likeness (QED) is 0.691. The molecule has 2 rings (SSSR count). The van der Waals surface area contributed by atoms with Gasteiger partial charge in [-0.3, -0.25) is 14.6 Å². The number of benzene rings is 1. The summed E-state index contributed by atoms with van der Waals surface area (Å²) in [6, 6.07) is 13.0. The molecule has 0 unspecified atom stereocenters. The molecule has 1 heterocycles. The summed E-state index contributed by atoms with van der Waals surface area (Å²) in [5.41, 5.74) is 1.80. The molecule has 2 amide bonds. The number of hydrogen-bond acceptors (Lipinski definition) is 4. The van der Waals surface area contributed by atoms with Crippen LogP contribution < -0.4 is 5.32 Å². The molecule has 0 aliphatic rings. The van der Waals surface area contributed by atoms with E-state index < -0.39 is 0 Å². The fourth-order valence-electron chi connectivity index (χ4n) is 2.68. The Morgan fingerprint density at radius 3 is 2.52 bits per heavy atom. The minimum absolute atomic E-state index is 0.177. The molecule has 0 saturated carbocycles. The third kappa shape index (κ3) is 6.49. The first-order valence-corrected chi connectivity index (χ1v) is 9.23. The van der Waals surface area contributed by atoms with Crippen LogP contribution in [0.15, 0.2) is 48.7 Å². The smallest absolute Gasteiger partial charge is 0.272 e. The molecular weight excluding hydrogens is 340 g/mol. The lowest BCUT2D eigenvalue weighted by Gasteiger charge is -2.20. The highest BCUT2D eigenvalue weighted by atomic mass is 16.2. The highest BCUT2D eigenvalue weighted by molar-refractivity contribution is 5.98. The second-order valence-corrected chi connectivity index (χ2v) is 6.65. The van der Waals surface area contributed by atoms with E-state index in [1.54, 1.807) is 17.0 Å². The van der Waals surface area contributed by atoms with Crippen LogP contribution in [-0.4, -0.2) is 60.3 Å². The lowest BCUT2D eigenvalue weighted by molar-refractivity contribution is 0.0746. The van der Waals surface area contributed by atoms with Crippen LogP contribution in [0.2, 0.25) is 0 Å². The minimum atomic E-state index is -0.184. The monoisotopic (exact) mass is 368 g/mol. The topological polar surface area (TPSA) is 65.5 Å². The van der Waals surface area contributed by atoms with Crippen LogP contribution in [-0.2, 0) is 6.54 Å². The van der Waals surface area contributed by atoms with E-state index in [0.717, 1.165) is 18.5 Å². The van der Waals surface area contributed by atoms with Gasteiger partial charge < -0.3 is 15.1 Å². The highest BCUT2D eigenvalue weighted by Crippen LogP contribution is 2.10. The Balaban J connectivity index is 2.01. The van der Waals surface area contributed by atoms with Gasteiger partial charge in [0.1, 0.15) is 5.69 Å². The van der Waals surface area contributed by atoms with E-state index in [4.69, 9.17) is 0 Å². The van der Waals surface area contributed by atoms with Crippen molar-refractivity contribution >= 4 is 11.8 Å². The number of aromatic nitrogens is 1. The summed E-state index contributed by atoms with van der Waals surface area (Å²) in [6.07, 6.45) is 2.38. The number of carbonyl (C=O) groups is 2. The minimum Gasteiger partial charge on any atom is -0.352 e. The van der Waals surface area contributed by atoms with E-state index in [1.165, 1.54) is 6.20 Å². The Bertz CT molecular complexity index is 747. The van der Waals surface area contributed by atoms with E-state index in [1.807, 2.05) is 51.4 Å². The summed E-state index contributed by atoms with van der Waals surface area (Å²) in [4.78, 5) is 33.1. The molecule has 0 fully saturated rings. The zero-order valence-corrected chi connectivity index (χ0v) is 16.3. The summed E-state index contributed by atoms with van der Waals surface area (Å²) in [6.45, 7) is 4.51. The summed E-state index contributed by atoms with van der Waals surface area (Å²) in [7, 11) is 4.00. The van der Waals surface area contributed by atoms with E-state index >= 15 is 0 Å². The largest absolute Gasteiger partial charge is 0.352 e. The van der Waals surface area contributed by atoms with Gasteiger partial charge in [0.25, 0.3) is 11.8 Å². The van der Waals surface area contributed by atoms with Gasteiger partial charge in [-0.15, -0.1) is 0 Å². The maximum absolute atomic E-state index is 12.8. The van der Waals surface area contributed by atoms with Gasteiger partial charge in [-0.05, 0) is 51.7 Å². The van der Waals surface area contributed by atoms with E-state index in [9.17, 15) is 9.59 Å². The Morgan fingerprint density at radius 1 is 1.11 bits per heavy atom. The van der Waals surface area contributed by atoms with Crippen LogP contribution in [0.1, 0.15) is 39.8 Å². The van der Waals surface area contributed by atoms with Crippen molar-refractivity contribution in [1.82, 2.24) is 20.1 Å². The van der Waals surface area contributed by atoms with Crippen LogP contribution >= 0.6 is 0 Å². The first-order chi connectivity index (χ1) is 13.0. The molecule has 1 aromatic heterocycles. The molecule has 0 aliphatic carbocycles. The molecule has 0 bridgehead atoms. The molecule has 6 heteroatoms. The summed E-state index contributed by atoms with van der Waals surface area (Å²) in [5, 5.41) is 2.89. The summed E-state index contributed by atoms with van der Waals surface area (Å²) >= 11 is 0. The predicted molar refractivity (Wildman–Crippen MR) is 107 cm³/mol. The van der Waals surface area contributed by atoms with Gasteiger partial charge in [-0.2, -0.15) is 0 Å². The maximum Gasteiger partial charge on any atom is 0.272 e. The normalized spacial score (nSPS) is 10.7. The van der Waals surface area contributed by atoms with Crippen molar-refractivity contribution in [2.45, 2.75) is 19.9 Å². The first kappa shape index (κ1) is 20.6. The standard InChI is InChI=1S/C21H28N4O2/c1-4-25(16-17-9-6-5-7-10-17)21(27)19-15-18(11-13-22-19)20(26)23-12-8-14-24(2)3/h5-7,9-11,13,15H,4,8,12,14,16H2,1-3H3,(H,23,26). The molecule has 0 spiro atoms. The number of nitrogens with one attached hydrogen (secondary N) is 1. The second-order valence-electron chi connectivity index (χ2n) is 6.65. The molecule has 6 nitrogen and oxygen atoms in total. The maximum atomic E-state index is 12.8. The first-order valence-electron chi connectivity index (χ1n) is 9.23. The van der Waals surface area contributed by atoms with Gasteiger partial charge in [0, 0.05) is 31.4 Å². The van der Waals surface area contributed by atoms with Crippen LogP contribution in [0.3, 0.4) is 0 Å². The molecule has 2 aromatic rings. The zero-order valence-electron chi connectivity index (χ0n) is 16.3. The Morgan fingerprint density at radius 2 is 1.85 bits per heavy atom. The van der Waals surface area contributed by atoms with Crippen LogP contribution in [0.4, 0.5) is 0 Å². The van der Waals surface area contributed by atoms with Crippen LogP contribution in [0, 0.1) is 0 Å². The average molecular weight is 368 g/mol. The molecule has 1 N–H and O–H groups in total. The fourth-order valence-corrected chi connectivity index (χ4v) is 2.68. The van der Waals surface area contributed by atoms with Crippen molar-refractivity contribution in [2.24, 2.45) is 0 Å². The van der Waals surface area contributed by atoms with Crippen LogP contribution in [0.5, 0.6) is 0 Å². The van der Waals surface area contributed by atoms with Crippen LogP contribution in [0.25, 0.3) is 0 Å². The van der Waals surface area contributed by atoms with Gasteiger partial charge in [0.2, 0.25) is 0 Å². The Kier molecular flexibility index (Phi) is 7.95. The molecule has 144 valence electrons. The molecule has 0 atom stereocenters. The van der Waals surface area contributed by atoms with Gasteiger partial charge in [0.15, 0.2) is 0 Å². The van der Waals surface area contributed by atoms with Crippen molar-refractivity contribution in [3.05, 3.63) is 65.5 Å². The number of pyridine rings is 1. The van der Waals surface area contributed by atoms with Crippen molar-refractivity contribution in [3.63, 3.8) is 0 Å². The van der Waals surface area contributed by atoms with Gasteiger partial charge in [-0.25, -0.2) is 0 Å². The number of hydrogen-bond donors (Lipinski definition) is 1. The molecule has 0 saturated heterocycles. The molecule has 0 aliphatic heterocycles. The summed E-state index contributed by atoms with van der Waals surface area (Å²) in [5.74, 6) is -0.361. The van der Waals surface area contributed by atoms with Gasteiger partial charge >= 0.3 is 0 Å². The van der Waals surface area contributed by atoms with Crippen molar-refractivity contribution < 1.29 is 9.59 Å². The van der Waals surface area contributed by atoms with E-state index in [2.05, 4.69) is 15.2 Å². The molecule has 0 radical (unpaired) electrons. The second kappa shape index (κ2) is 10.4. The van der Waals surface area contributed by atoms with Gasteiger partial charge in [0.05, 0.1) is 0 Å². The average Bonchev–Trinajstić information content (AvgIpc) is 2.69. The SMILES string of the molecule is CCN(Cc1ccccc1)C(=O)c1cc(C(=O)NCCCN(C)C)ccn1. The number of rotatable bonds is 9. The lowest BCUT2D eigenvalue weighted by atomic mass is 10.1. The number of carbonyl (C=O) groups excluding carboxylic acids is 2. The van der Waals surface area contributed by atoms with Crippen molar-refractivity contribution in [2.75, 3.05) is 33.7 Å². The number of nitrogens with zero attached hydrogens (tertiary/aromatic N) is 3. The van der Waals surface area contributed by atoms with Crippen molar-refractivity contribution in [1.29, 1.82) is 0 Å². The molecule has 1 aromatic carbocycles. The van der Waals surface area contributed by atoms with Crippen molar-refractivity contribution in [3.8, 4) is 0 Å².